The summed E-state index contributed by atoms with van der Waals surface area (Å²) in [5.41, 5.74) is 1.74. The Morgan fingerprint density at radius 2 is 1.95 bits per heavy atom. The normalized spacial score (nSPS) is 20.0. The first kappa shape index (κ1) is 15.4. The molecular weight excluding hydrogens is 294 g/mol. The Labute approximate surface area is 135 Å². The van der Waals surface area contributed by atoms with Gasteiger partial charge in [0, 0.05) is 17.0 Å². The zero-order valence-electron chi connectivity index (χ0n) is 13.2. The summed E-state index contributed by atoms with van der Waals surface area (Å²) in [7, 11) is 3.95. The predicted molar refractivity (Wildman–Crippen MR) is 90.5 cm³/mol. The quantitative estimate of drug-likeness (QED) is 0.882. The van der Waals surface area contributed by atoms with Gasteiger partial charge in [0.25, 0.3) is 0 Å². The lowest BCUT2D eigenvalue weighted by molar-refractivity contribution is 0.0506. The third kappa shape index (κ3) is 2.62. The lowest BCUT2D eigenvalue weighted by Crippen LogP contribution is -2.39. The molecule has 2 aromatic carbocycles. The molecule has 0 bridgehead atoms. The van der Waals surface area contributed by atoms with Crippen molar-refractivity contribution in [3.8, 4) is 5.75 Å². The molecule has 1 aliphatic rings. The number of benzene rings is 2. The Bertz CT molecular complexity index is 687. The van der Waals surface area contributed by atoms with Crippen LogP contribution in [0.5, 0.6) is 5.75 Å². The van der Waals surface area contributed by atoms with Crippen LogP contribution < -0.4 is 4.74 Å². The van der Waals surface area contributed by atoms with E-state index >= 15 is 0 Å². The second-order valence-electron chi connectivity index (χ2n) is 5.91. The molecule has 0 aromatic heterocycles. The molecule has 1 heterocycles. The van der Waals surface area contributed by atoms with Gasteiger partial charge in [-0.15, -0.1) is 11.8 Å². The summed E-state index contributed by atoms with van der Waals surface area (Å²) in [5.74, 6) is 0.758. The molecule has 116 valence electrons. The molecule has 4 heteroatoms. The molecule has 0 radical (unpaired) electrons. The van der Waals surface area contributed by atoms with Crippen molar-refractivity contribution >= 4 is 11.8 Å². The molecular formula is C18H21NO2S. The Morgan fingerprint density at radius 3 is 2.68 bits per heavy atom. The molecule has 1 aliphatic heterocycles. The highest BCUT2D eigenvalue weighted by atomic mass is 32.2. The molecule has 0 fully saturated rings. The van der Waals surface area contributed by atoms with E-state index in [1.807, 2.05) is 49.5 Å². The zero-order chi connectivity index (χ0) is 15.7. The van der Waals surface area contributed by atoms with E-state index in [2.05, 4.69) is 18.2 Å². The smallest absolute Gasteiger partial charge is 0.131 e. The maximum atomic E-state index is 11.6. The summed E-state index contributed by atoms with van der Waals surface area (Å²) in [6.45, 7) is 0.995. The number of thioether (sulfide) groups is 1. The predicted octanol–water partition coefficient (Wildman–Crippen LogP) is 3.10. The van der Waals surface area contributed by atoms with Gasteiger partial charge in [-0.25, -0.2) is 0 Å². The van der Waals surface area contributed by atoms with Gasteiger partial charge in [-0.2, -0.15) is 0 Å². The van der Waals surface area contributed by atoms with Crippen molar-refractivity contribution in [1.29, 1.82) is 0 Å². The third-order valence-electron chi connectivity index (χ3n) is 4.02. The number of ether oxygens (including phenoxy) is 1. The van der Waals surface area contributed by atoms with Crippen LogP contribution in [0.1, 0.15) is 16.7 Å². The second kappa shape index (κ2) is 5.95. The number of rotatable bonds is 3. The van der Waals surface area contributed by atoms with Crippen molar-refractivity contribution in [2.75, 3.05) is 26.9 Å². The van der Waals surface area contributed by atoms with Gasteiger partial charge in [0.1, 0.15) is 18.0 Å². The molecule has 1 unspecified atom stereocenters. The lowest BCUT2D eigenvalue weighted by atomic mass is 9.83. The maximum Gasteiger partial charge on any atom is 0.131 e. The molecule has 2 aromatic rings. The fraction of sp³-hybridized carbons (Fsp3) is 0.333. The van der Waals surface area contributed by atoms with Crippen molar-refractivity contribution in [1.82, 2.24) is 4.90 Å². The van der Waals surface area contributed by atoms with E-state index in [0.717, 1.165) is 27.3 Å². The van der Waals surface area contributed by atoms with Crippen molar-refractivity contribution in [3.63, 3.8) is 0 Å². The molecule has 0 spiro atoms. The summed E-state index contributed by atoms with van der Waals surface area (Å²) in [6, 6.07) is 14.0. The third-order valence-corrected chi connectivity index (χ3v) is 4.75. The van der Waals surface area contributed by atoms with Crippen LogP contribution in [0.25, 0.3) is 0 Å². The SMILES string of the molecule is CSc1ccc2c(c1)C(O)(CN(C)C)c1ccccc1OC2. The highest BCUT2D eigenvalue weighted by Gasteiger charge is 2.38. The number of fused-ring (bicyclic) bond motifs is 2. The van der Waals surface area contributed by atoms with Gasteiger partial charge in [0.2, 0.25) is 0 Å². The average molecular weight is 315 g/mol. The molecule has 0 aliphatic carbocycles. The van der Waals surface area contributed by atoms with Crippen LogP contribution in [-0.4, -0.2) is 36.9 Å². The van der Waals surface area contributed by atoms with E-state index in [1.165, 1.54) is 0 Å². The number of aliphatic hydroxyl groups is 1. The van der Waals surface area contributed by atoms with Crippen LogP contribution in [0.3, 0.4) is 0 Å². The van der Waals surface area contributed by atoms with Gasteiger partial charge < -0.3 is 14.7 Å². The molecule has 3 nitrogen and oxygen atoms in total. The second-order valence-corrected chi connectivity index (χ2v) is 6.79. The number of hydrogen-bond acceptors (Lipinski definition) is 4. The summed E-state index contributed by atoms with van der Waals surface area (Å²) in [4.78, 5) is 3.16. The first-order chi connectivity index (χ1) is 10.5. The Balaban J connectivity index is 2.24. The summed E-state index contributed by atoms with van der Waals surface area (Å²) in [5, 5.41) is 11.6. The van der Waals surface area contributed by atoms with Crippen LogP contribution in [-0.2, 0) is 12.2 Å². The van der Waals surface area contributed by atoms with Crippen LogP contribution in [0.15, 0.2) is 47.4 Å². The van der Waals surface area contributed by atoms with Gasteiger partial charge in [-0.05, 0) is 49.7 Å². The van der Waals surface area contributed by atoms with Crippen LogP contribution >= 0.6 is 11.8 Å². The zero-order valence-corrected chi connectivity index (χ0v) is 14.0. The fourth-order valence-corrected chi connectivity index (χ4v) is 3.50. The van der Waals surface area contributed by atoms with Gasteiger partial charge >= 0.3 is 0 Å². The number of hydrogen-bond donors (Lipinski definition) is 1. The van der Waals surface area contributed by atoms with E-state index in [0.29, 0.717) is 13.2 Å². The van der Waals surface area contributed by atoms with Crippen molar-refractivity contribution in [2.24, 2.45) is 0 Å². The first-order valence-electron chi connectivity index (χ1n) is 7.31. The lowest BCUT2D eigenvalue weighted by Gasteiger charge is -2.32. The van der Waals surface area contributed by atoms with Gasteiger partial charge in [-0.3, -0.25) is 0 Å². The van der Waals surface area contributed by atoms with Gasteiger partial charge in [0.15, 0.2) is 0 Å². The number of para-hydroxylation sites is 1. The minimum Gasteiger partial charge on any atom is -0.488 e. The summed E-state index contributed by atoms with van der Waals surface area (Å²) in [6.07, 6.45) is 2.05. The maximum absolute atomic E-state index is 11.6. The molecule has 1 N–H and O–H groups in total. The minimum atomic E-state index is -1.07. The topological polar surface area (TPSA) is 32.7 Å². The van der Waals surface area contributed by atoms with E-state index in [4.69, 9.17) is 4.74 Å². The highest BCUT2D eigenvalue weighted by Crippen LogP contribution is 2.41. The van der Waals surface area contributed by atoms with E-state index < -0.39 is 5.60 Å². The highest BCUT2D eigenvalue weighted by molar-refractivity contribution is 7.98. The molecule has 0 amide bonds. The Morgan fingerprint density at radius 1 is 1.18 bits per heavy atom. The van der Waals surface area contributed by atoms with Crippen molar-refractivity contribution in [2.45, 2.75) is 17.1 Å². The molecule has 0 saturated carbocycles. The molecule has 0 saturated heterocycles. The first-order valence-corrected chi connectivity index (χ1v) is 8.54. The molecule has 22 heavy (non-hydrogen) atoms. The van der Waals surface area contributed by atoms with Crippen LogP contribution in [0, 0.1) is 0 Å². The Hall–Kier alpha value is -1.49. The average Bonchev–Trinajstić information content (AvgIpc) is 2.63. The molecule has 3 rings (SSSR count). The number of likely N-dealkylation sites (N-methyl/N-ethyl adjacent to an activating group) is 1. The monoisotopic (exact) mass is 315 g/mol. The van der Waals surface area contributed by atoms with Gasteiger partial charge in [-0.1, -0.05) is 24.3 Å². The Kier molecular flexibility index (Phi) is 4.17. The van der Waals surface area contributed by atoms with Crippen molar-refractivity contribution < 1.29 is 9.84 Å². The van der Waals surface area contributed by atoms with E-state index in [1.54, 1.807) is 11.8 Å². The standard InChI is InChI=1S/C18H21NO2S/c1-19(2)12-18(20)15-6-4-5-7-17(15)21-11-13-8-9-14(22-3)10-16(13)18/h4-10,20H,11-12H2,1-3H3. The largest absolute Gasteiger partial charge is 0.488 e. The van der Waals surface area contributed by atoms with Crippen LogP contribution in [0.4, 0.5) is 0 Å². The van der Waals surface area contributed by atoms with E-state index in [9.17, 15) is 5.11 Å². The fourth-order valence-electron chi connectivity index (χ4n) is 3.06. The van der Waals surface area contributed by atoms with Crippen LogP contribution in [0.2, 0.25) is 0 Å². The summed E-state index contributed by atoms with van der Waals surface area (Å²) >= 11 is 1.68. The van der Waals surface area contributed by atoms with Crippen molar-refractivity contribution in [3.05, 3.63) is 59.2 Å². The minimum absolute atomic E-state index is 0.483. The van der Waals surface area contributed by atoms with Gasteiger partial charge in [0.05, 0.1) is 0 Å². The number of nitrogens with zero attached hydrogens (tertiary/aromatic N) is 1. The molecule has 1 atom stereocenters. The van der Waals surface area contributed by atoms with E-state index in [-0.39, 0.29) is 0 Å². The summed E-state index contributed by atoms with van der Waals surface area (Å²) < 4.78 is 5.94.